The number of carbonyl (C=O) groups is 1. The number of phenolic OH excluding ortho intramolecular Hbond substituents is 1. The Bertz CT molecular complexity index is 499. The molecular formula is C18H29N3O2. The molecule has 1 aromatic carbocycles. The van der Waals surface area contributed by atoms with Crippen molar-refractivity contribution >= 4 is 11.7 Å². The van der Waals surface area contributed by atoms with Gasteiger partial charge in [-0.2, -0.15) is 0 Å². The van der Waals surface area contributed by atoms with Crippen molar-refractivity contribution in [3.05, 3.63) is 24.3 Å². The summed E-state index contributed by atoms with van der Waals surface area (Å²) in [6.07, 6.45) is 4.63. The van der Waals surface area contributed by atoms with Crippen LogP contribution in [0, 0.1) is 0 Å². The molecule has 2 N–H and O–H groups in total. The molecule has 0 aromatic heterocycles. The first-order valence-corrected chi connectivity index (χ1v) is 8.70. The average molecular weight is 319 g/mol. The summed E-state index contributed by atoms with van der Waals surface area (Å²) >= 11 is 0. The van der Waals surface area contributed by atoms with Gasteiger partial charge in [0.05, 0.1) is 5.69 Å². The molecule has 2 amide bonds. The smallest absolute Gasteiger partial charge is 0.317 e. The van der Waals surface area contributed by atoms with Crippen LogP contribution >= 0.6 is 0 Å². The standard InChI is InChI=1S/C18H29N3O2/c1-3-4-5-8-15(2)19-18(23)21-13-11-20(12-14-21)16-9-6-7-10-17(16)22/h6-7,9-10,15,22H,3-5,8,11-14H2,1-2H3,(H,19,23). The summed E-state index contributed by atoms with van der Waals surface area (Å²) in [7, 11) is 0. The highest BCUT2D eigenvalue weighted by atomic mass is 16.3. The Morgan fingerprint density at radius 3 is 2.57 bits per heavy atom. The van der Waals surface area contributed by atoms with Gasteiger partial charge in [-0.1, -0.05) is 38.3 Å². The number of unbranched alkanes of at least 4 members (excludes halogenated alkanes) is 2. The Hall–Kier alpha value is -1.91. The first-order valence-electron chi connectivity index (χ1n) is 8.70. The molecule has 0 radical (unpaired) electrons. The highest BCUT2D eigenvalue weighted by Crippen LogP contribution is 2.27. The quantitative estimate of drug-likeness (QED) is 0.792. The van der Waals surface area contributed by atoms with E-state index >= 15 is 0 Å². The molecule has 23 heavy (non-hydrogen) atoms. The molecule has 1 aliphatic rings. The van der Waals surface area contributed by atoms with Crippen molar-refractivity contribution in [3.8, 4) is 5.75 Å². The number of nitrogens with one attached hydrogen (secondary N) is 1. The summed E-state index contributed by atoms with van der Waals surface area (Å²) in [4.78, 5) is 16.3. The Morgan fingerprint density at radius 2 is 1.91 bits per heavy atom. The number of para-hydroxylation sites is 2. The number of urea groups is 1. The number of phenols is 1. The van der Waals surface area contributed by atoms with Crippen molar-refractivity contribution < 1.29 is 9.90 Å². The number of carbonyl (C=O) groups excluding carboxylic acids is 1. The van der Waals surface area contributed by atoms with Crippen LogP contribution in [0.25, 0.3) is 0 Å². The first-order chi connectivity index (χ1) is 11.1. The van der Waals surface area contributed by atoms with E-state index < -0.39 is 0 Å². The minimum Gasteiger partial charge on any atom is -0.506 e. The number of aromatic hydroxyl groups is 1. The van der Waals surface area contributed by atoms with Crippen molar-refractivity contribution in [3.63, 3.8) is 0 Å². The molecule has 1 atom stereocenters. The van der Waals surface area contributed by atoms with E-state index in [1.165, 1.54) is 19.3 Å². The fraction of sp³-hybridized carbons (Fsp3) is 0.611. The number of nitrogens with zero attached hydrogens (tertiary/aromatic N) is 2. The Morgan fingerprint density at radius 1 is 1.22 bits per heavy atom. The molecule has 1 aliphatic heterocycles. The van der Waals surface area contributed by atoms with Crippen molar-refractivity contribution in [1.29, 1.82) is 0 Å². The fourth-order valence-electron chi connectivity index (χ4n) is 2.96. The van der Waals surface area contributed by atoms with E-state index in [0.717, 1.165) is 25.2 Å². The minimum absolute atomic E-state index is 0.0333. The maximum Gasteiger partial charge on any atom is 0.317 e. The first kappa shape index (κ1) is 17.4. The summed E-state index contributed by atoms with van der Waals surface area (Å²) in [5.74, 6) is 0.301. The van der Waals surface area contributed by atoms with E-state index in [1.54, 1.807) is 6.07 Å². The average Bonchev–Trinajstić information content (AvgIpc) is 2.56. The topological polar surface area (TPSA) is 55.8 Å². The zero-order valence-electron chi connectivity index (χ0n) is 14.3. The lowest BCUT2D eigenvalue weighted by molar-refractivity contribution is 0.190. The van der Waals surface area contributed by atoms with Crippen LogP contribution in [0.3, 0.4) is 0 Å². The number of amides is 2. The molecule has 0 bridgehead atoms. The number of hydrogen-bond donors (Lipinski definition) is 2. The Balaban J connectivity index is 1.77. The van der Waals surface area contributed by atoms with E-state index in [1.807, 2.05) is 23.1 Å². The number of hydrogen-bond acceptors (Lipinski definition) is 3. The lowest BCUT2D eigenvalue weighted by atomic mass is 10.1. The van der Waals surface area contributed by atoms with Gasteiger partial charge in [-0.25, -0.2) is 4.79 Å². The van der Waals surface area contributed by atoms with Crippen LogP contribution < -0.4 is 10.2 Å². The van der Waals surface area contributed by atoms with Gasteiger partial charge in [-0.3, -0.25) is 0 Å². The molecule has 0 saturated carbocycles. The SMILES string of the molecule is CCCCCC(C)NC(=O)N1CCN(c2ccccc2O)CC1. The molecule has 1 unspecified atom stereocenters. The largest absolute Gasteiger partial charge is 0.506 e. The van der Waals surface area contributed by atoms with Crippen molar-refractivity contribution in [2.75, 3.05) is 31.1 Å². The summed E-state index contributed by atoms with van der Waals surface area (Å²) in [6.45, 7) is 7.12. The third-order valence-corrected chi connectivity index (χ3v) is 4.40. The second-order valence-corrected chi connectivity index (χ2v) is 6.31. The molecule has 5 heteroatoms. The lowest BCUT2D eigenvalue weighted by Gasteiger charge is -2.36. The zero-order chi connectivity index (χ0) is 16.7. The summed E-state index contributed by atoms with van der Waals surface area (Å²) in [5, 5.41) is 13.0. The zero-order valence-corrected chi connectivity index (χ0v) is 14.3. The van der Waals surface area contributed by atoms with E-state index in [2.05, 4.69) is 24.1 Å². The predicted molar refractivity (Wildman–Crippen MR) is 94.0 cm³/mol. The fourth-order valence-corrected chi connectivity index (χ4v) is 2.96. The molecule has 1 heterocycles. The van der Waals surface area contributed by atoms with E-state index in [-0.39, 0.29) is 12.1 Å². The van der Waals surface area contributed by atoms with Crippen LogP contribution in [0.5, 0.6) is 5.75 Å². The van der Waals surface area contributed by atoms with Crippen LogP contribution in [0.4, 0.5) is 10.5 Å². The highest BCUT2D eigenvalue weighted by molar-refractivity contribution is 5.75. The van der Waals surface area contributed by atoms with Crippen LogP contribution in [-0.4, -0.2) is 48.3 Å². The number of anilines is 1. The molecule has 1 saturated heterocycles. The molecule has 128 valence electrons. The monoisotopic (exact) mass is 319 g/mol. The van der Waals surface area contributed by atoms with Crippen LogP contribution in [0.2, 0.25) is 0 Å². The molecule has 1 aromatic rings. The van der Waals surface area contributed by atoms with Gasteiger partial charge in [0.2, 0.25) is 0 Å². The van der Waals surface area contributed by atoms with Gasteiger partial charge >= 0.3 is 6.03 Å². The third kappa shape index (κ3) is 5.05. The van der Waals surface area contributed by atoms with E-state index in [9.17, 15) is 9.90 Å². The third-order valence-electron chi connectivity index (χ3n) is 4.40. The number of piperazine rings is 1. The van der Waals surface area contributed by atoms with Gasteiger partial charge in [0.1, 0.15) is 5.75 Å². The van der Waals surface area contributed by atoms with Gasteiger partial charge in [-0.15, -0.1) is 0 Å². The Kier molecular flexibility index (Phi) is 6.56. The van der Waals surface area contributed by atoms with Gasteiger partial charge in [0, 0.05) is 32.2 Å². The minimum atomic E-state index is 0.0333. The second-order valence-electron chi connectivity index (χ2n) is 6.31. The molecule has 1 fully saturated rings. The summed E-state index contributed by atoms with van der Waals surface area (Å²) in [5.41, 5.74) is 0.848. The molecule has 0 spiro atoms. The lowest BCUT2D eigenvalue weighted by Crippen LogP contribution is -2.53. The number of benzene rings is 1. The molecule has 2 rings (SSSR count). The van der Waals surface area contributed by atoms with E-state index in [4.69, 9.17) is 0 Å². The van der Waals surface area contributed by atoms with Gasteiger partial charge in [0.25, 0.3) is 0 Å². The maximum atomic E-state index is 12.3. The second kappa shape index (κ2) is 8.65. The van der Waals surface area contributed by atoms with Crippen molar-refractivity contribution in [2.24, 2.45) is 0 Å². The molecule has 0 aliphatic carbocycles. The molecule has 5 nitrogen and oxygen atoms in total. The Labute approximate surface area is 139 Å². The highest BCUT2D eigenvalue weighted by Gasteiger charge is 2.23. The number of rotatable bonds is 6. The van der Waals surface area contributed by atoms with Crippen molar-refractivity contribution in [2.45, 2.75) is 45.6 Å². The van der Waals surface area contributed by atoms with Gasteiger partial charge < -0.3 is 20.2 Å². The maximum absolute atomic E-state index is 12.3. The summed E-state index contributed by atoms with van der Waals surface area (Å²) in [6, 6.07) is 7.62. The van der Waals surface area contributed by atoms with Crippen LogP contribution in [-0.2, 0) is 0 Å². The van der Waals surface area contributed by atoms with E-state index in [0.29, 0.717) is 18.8 Å². The normalized spacial score (nSPS) is 16.3. The van der Waals surface area contributed by atoms with Crippen LogP contribution in [0.15, 0.2) is 24.3 Å². The van der Waals surface area contributed by atoms with Gasteiger partial charge in [-0.05, 0) is 25.5 Å². The molecular weight excluding hydrogens is 290 g/mol. The summed E-state index contributed by atoms with van der Waals surface area (Å²) < 4.78 is 0. The predicted octanol–water partition coefficient (Wildman–Crippen LogP) is 3.19. The van der Waals surface area contributed by atoms with Gasteiger partial charge in [0.15, 0.2) is 0 Å². The van der Waals surface area contributed by atoms with Crippen molar-refractivity contribution in [1.82, 2.24) is 10.2 Å². The van der Waals surface area contributed by atoms with Crippen LogP contribution in [0.1, 0.15) is 39.5 Å².